The van der Waals surface area contributed by atoms with E-state index in [4.69, 9.17) is 41.2 Å². The van der Waals surface area contributed by atoms with E-state index in [1.807, 2.05) is 140 Å². The summed E-state index contributed by atoms with van der Waals surface area (Å²) in [4.78, 5) is 30.6. The van der Waals surface area contributed by atoms with Crippen molar-refractivity contribution in [2.45, 2.75) is 0 Å². The molecule has 0 radical (unpaired) electrons. The standard InChI is InChI=1S/C90H44N14/c1-96-71-35-54(49-91)31-67(39-71)60-20-26-83-78(43-60)79-44-61(68-32-55(50-92)36-72(40-68)97-2)21-27-84(79)103(83)82-30-24-65(90-101-88(58-13-7-5-8-14-58)100-89(102-90)59-15-9-6-10-16-59)47-77(82)76-25-19-64(75-18-12-11-17-66(75)53-95)48-87(76)104-85-28-22-62(69-33-56(51-93)37-73(41-69)98-3)45-80(85)81-46-63(23-29-86(81)104)70-34-57(52-94)38-74(42-70)99-4/h5-48H. The van der Waals surface area contributed by atoms with Crippen LogP contribution in [0.3, 0.4) is 0 Å². The molecule has 0 saturated carbocycles. The lowest BCUT2D eigenvalue weighted by Crippen LogP contribution is -2.04. The van der Waals surface area contributed by atoms with E-state index in [9.17, 15) is 26.3 Å². The van der Waals surface area contributed by atoms with Crippen LogP contribution in [0.2, 0.25) is 0 Å². The number of fused-ring (bicyclic) bond motifs is 6. The zero-order valence-corrected chi connectivity index (χ0v) is 54.7. The molecule has 474 valence electrons. The average Bonchev–Trinajstić information content (AvgIpc) is 1.55. The Morgan fingerprint density at radius 1 is 0.250 bits per heavy atom. The van der Waals surface area contributed by atoms with Gasteiger partial charge in [0.2, 0.25) is 0 Å². The average molecular weight is 1320 g/mol. The number of nitrogens with zero attached hydrogens (tertiary/aromatic N) is 14. The van der Waals surface area contributed by atoms with Crippen molar-refractivity contribution in [2.75, 3.05) is 0 Å². The molecule has 0 spiro atoms. The van der Waals surface area contributed by atoms with Crippen molar-refractivity contribution in [2.24, 2.45) is 0 Å². The summed E-state index contributed by atoms with van der Waals surface area (Å²) in [5.41, 5.74) is 18.3. The second-order valence-corrected chi connectivity index (χ2v) is 24.7. The summed E-state index contributed by atoms with van der Waals surface area (Å²) < 4.78 is 4.43. The molecule has 0 amide bonds. The number of nitriles is 5. The quantitative estimate of drug-likeness (QED) is 0.115. The van der Waals surface area contributed by atoms with Crippen LogP contribution in [0, 0.1) is 82.9 Å². The van der Waals surface area contributed by atoms with Crippen molar-refractivity contribution >= 4 is 66.4 Å². The molecule has 14 nitrogen and oxygen atoms in total. The summed E-state index contributed by atoms with van der Waals surface area (Å²) in [5.74, 6) is 1.31. The highest BCUT2D eigenvalue weighted by atomic mass is 15.0. The van der Waals surface area contributed by atoms with Gasteiger partial charge in [-0.2, -0.15) is 26.3 Å². The first-order valence-corrected chi connectivity index (χ1v) is 32.6. The van der Waals surface area contributed by atoms with Crippen LogP contribution in [-0.4, -0.2) is 24.1 Å². The van der Waals surface area contributed by atoms with Gasteiger partial charge in [0.25, 0.3) is 0 Å². The van der Waals surface area contributed by atoms with Crippen molar-refractivity contribution in [1.82, 2.24) is 24.1 Å². The summed E-state index contributed by atoms with van der Waals surface area (Å²) in [5, 5.41) is 55.0. The van der Waals surface area contributed by atoms with Crippen LogP contribution in [0.4, 0.5) is 22.7 Å². The third-order valence-electron chi connectivity index (χ3n) is 18.6. The van der Waals surface area contributed by atoms with Gasteiger partial charge in [-0.15, -0.1) is 0 Å². The summed E-state index contributed by atoms with van der Waals surface area (Å²) in [6.45, 7) is 32.0. The zero-order valence-electron chi connectivity index (χ0n) is 54.7. The molecule has 13 aromatic carbocycles. The topological polar surface area (TPSA) is 185 Å². The highest BCUT2D eigenvalue weighted by molar-refractivity contribution is 6.14. The summed E-state index contributed by atoms with van der Waals surface area (Å²) >= 11 is 0. The van der Waals surface area contributed by atoms with Gasteiger partial charge in [-0.3, -0.25) is 0 Å². The SMILES string of the molecule is [C-]#[N+]c1cc(C#N)cc(-c2ccc3c(c2)c2cc(-c4cc(C#N)cc([N+]#[C-])c4)ccc2n3-c2ccc(-c3nc(-c4ccccc4)nc(-c4ccccc4)n3)cc2-c2ccc(-c3ccccc3C#N)cc2-n2c3ccc(-c4cc(C#N)cc([N+]#[C-])c4)cc3c3cc(-c4cc(C#N)cc([N+]#[C-])c4)ccc32)c1. The Balaban J connectivity index is 1.04. The van der Waals surface area contributed by atoms with Crippen LogP contribution >= 0.6 is 0 Å². The number of rotatable bonds is 11. The van der Waals surface area contributed by atoms with E-state index in [1.54, 1.807) is 78.9 Å². The first kappa shape index (κ1) is 62.7. The molecule has 0 aliphatic carbocycles. The molecule has 3 aromatic heterocycles. The lowest BCUT2D eigenvalue weighted by atomic mass is 9.93. The minimum atomic E-state index is 0.309. The molecule has 0 atom stereocenters. The van der Waals surface area contributed by atoms with Crippen LogP contribution in [-0.2, 0) is 0 Å². The van der Waals surface area contributed by atoms with Crippen LogP contribution in [0.1, 0.15) is 27.8 Å². The van der Waals surface area contributed by atoms with Gasteiger partial charge in [0.05, 0.1) is 95.6 Å². The fraction of sp³-hybridized carbons (Fsp3) is 0. The third kappa shape index (κ3) is 11.2. The minimum Gasteiger partial charge on any atom is -0.309 e. The molecule has 104 heavy (non-hydrogen) atoms. The Bertz CT molecular complexity index is 6340. The molecule has 16 aromatic rings. The Labute approximate surface area is 596 Å². The lowest BCUT2D eigenvalue weighted by Gasteiger charge is -2.21. The van der Waals surface area contributed by atoms with Crippen LogP contribution in [0.5, 0.6) is 0 Å². The van der Waals surface area contributed by atoms with Gasteiger partial charge >= 0.3 is 0 Å². The molecule has 0 aliphatic heterocycles. The van der Waals surface area contributed by atoms with Crippen molar-refractivity contribution < 1.29 is 0 Å². The third-order valence-corrected chi connectivity index (χ3v) is 18.6. The second kappa shape index (κ2) is 26.0. The highest BCUT2D eigenvalue weighted by Crippen LogP contribution is 2.47. The molecule has 0 unspecified atom stereocenters. The molecular formula is C90H44N14. The maximum Gasteiger partial charge on any atom is 0.189 e. The predicted molar refractivity (Wildman–Crippen MR) is 406 cm³/mol. The fourth-order valence-corrected chi connectivity index (χ4v) is 13.9. The van der Waals surface area contributed by atoms with Crippen LogP contribution < -0.4 is 0 Å². The van der Waals surface area contributed by atoms with Gasteiger partial charge in [-0.1, -0.05) is 115 Å². The van der Waals surface area contributed by atoms with Crippen LogP contribution in [0.25, 0.3) is 175 Å². The van der Waals surface area contributed by atoms with E-state index in [-0.39, 0.29) is 0 Å². The van der Waals surface area contributed by atoms with Gasteiger partial charge in [0.1, 0.15) is 0 Å². The fourth-order valence-electron chi connectivity index (χ4n) is 13.9. The molecule has 0 fully saturated rings. The Morgan fingerprint density at radius 2 is 0.596 bits per heavy atom. The van der Waals surface area contributed by atoms with Gasteiger partial charge in [-0.25, -0.2) is 34.3 Å². The Hall–Kier alpha value is -16.1. The number of hydrogen-bond donors (Lipinski definition) is 0. The largest absolute Gasteiger partial charge is 0.309 e. The Kier molecular flexibility index (Phi) is 15.7. The van der Waals surface area contributed by atoms with Gasteiger partial charge in [0, 0.05) is 71.6 Å². The highest BCUT2D eigenvalue weighted by Gasteiger charge is 2.26. The van der Waals surface area contributed by atoms with Crippen molar-refractivity contribution in [3.63, 3.8) is 0 Å². The molecule has 0 aliphatic rings. The van der Waals surface area contributed by atoms with Crippen molar-refractivity contribution in [3.8, 4) is 143 Å². The molecule has 0 N–H and O–H groups in total. The first-order chi connectivity index (χ1) is 51.0. The smallest absolute Gasteiger partial charge is 0.189 e. The minimum absolute atomic E-state index is 0.309. The van der Waals surface area contributed by atoms with Gasteiger partial charge in [-0.05, 0) is 207 Å². The van der Waals surface area contributed by atoms with Crippen molar-refractivity contribution in [1.29, 1.82) is 26.3 Å². The Morgan fingerprint density at radius 3 is 0.971 bits per heavy atom. The number of benzene rings is 13. The van der Waals surface area contributed by atoms with Crippen molar-refractivity contribution in [3.05, 3.63) is 340 Å². The van der Waals surface area contributed by atoms with E-state index >= 15 is 0 Å². The number of hydrogen-bond acceptors (Lipinski definition) is 8. The predicted octanol–water partition coefficient (Wildman–Crippen LogP) is 22.6. The monoisotopic (exact) mass is 1320 g/mol. The molecule has 0 bridgehead atoms. The molecule has 0 saturated heterocycles. The first-order valence-electron chi connectivity index (χ1n) is 32.6. The number of aromatic nitrogens is 5. The second-order valence-electron chi connectivity index (χ2n) is 24.7. The van der Waals surface area contributed by atoms with Crippen LogP contribution in [0.15, 0.2) is 267 Å². The maximum absolute atomic E-state index is 10.8. The van der Waals surface area contributed by atoms with E-state index < -0.39 is 0 Å². The van der Waals surface area contributed by atoms with E-state index in [1.165, 1.54) is 0 Å². The molecule has 16 rings (SSSR count). The van der Waals surface area contributed by atoms with E-state index in [0.29, 0.717) is 113 Å². The zero-order chi connectivity index (χ0) is 71.1. The van der Waals surface area contributed by atoms with Gasteiger partial charge in [0.15, 0.2) is 40.2 Å². The summed E-state index contributed by atoms with van der Waals surface area (Å²) in [7, 11) is 0. The van der Waals surface area contributed by atoms with Gasteiger partial charge < -0.3 is 9.13 Å². The summed E-state index contributed by atoms with van der Waals surface area (Å²) in [6, 6.07) is 95.6. The normalized spacial score (nSPS) is 10.8. The molecule has 3 heterocycles. The maximum atomic E-state index is 10.8. The molecular weight excluding hydrogens is 1280 g/mol. The van der Waals surface area contributed by atoms with E-state index in [2.05, 4.69) is 107 Å². The summed E-state index contributed by atoms with van der Waals surface area (Å²) in [6.07, 6.45) is 0. The molecule has 14 heteroatoms. The van der Waals surface area contributed by atoms with E-state index in [0.717, 1.165) is 93.8 Å². The lowest BCUT2D eigenvalue weighted by molar-refractivity contribution is 1.07.